The Morgan fingerprint density at radius 3 is 2.58 bits per heavy atom. The molecule has 0 aromatic carbocycles. The summed E-state index contributed by atoms with van der Waals surface area (Å²) in [5.41, 5.74) is 6.15. The molecule has 1 saturated carbocycles. The van der Waals surface area contributed by atoms with Gasteiger partial charge in [-0.1, -0.05) is 6.42 Å². The highest BCUT2D eigenvalue weighted by molar-refractivity contribution is 9.11. The van der Waals surface area contributed by atoms with Crippen LogP contribution in [0.15, 0.2) is 15.9 Å². The van der Waals surface area contributed by atoms with Gasteiger partial charge in [0.15, 0.2) is 0 Å². The van der Waals surface area contributed by atoms with Gasteiger partial charge >= 0.3 is 0 Å². The van der Waals surface area contributed by atoms with Crippen LogP contribution in [-0.2, 0) is 5.41 Å². The molecule has 1 heterocycles. The first-order valence-corrected chi connectivity index (χ1v) is 5.84. The number of rotatable bonds is 2. The van der Waals surface area contributed by atoms with Crippen LogP contribution in [0.1, 0.15) is 24.1 Å². The molecular weight excluding hydrogens is 234 g/mol. The highest BCUT2D eigenvalue weighted by Gasteiger charge is 2.38. The van der Waals surface area contributed by atoms with Crippen molar-refractivity contribution < 1.29 is 0 Å². The Balaban J connectivity index is 2.27. The highest BCUT2D eigenvalue weighted by Crippen LogP contribution is 2.46. The van der Waals surface area contributed by atoms with Gasteiger partial charge in [-0.2, -0.15) is 0 Å². The van der Waals surface area contributed by atoms with Crippen molar-refractivity contribution in [1.29, 1.82) is 0 Å². The molecule has 1 fully saturated rings. The summed E-state index contributed by atoms with van der Waals surface area (Å²) in [4.78, 5) is 1.46. The zero-order valence-electron chi connectivity index (χ0n) is 6.85. The van der Waals surface area contributed by atoms with Crippen LogP contribution in [0.4, 0.5) is 0 Å². The molecule has 1 aliphatic carbocycles. The van der Waals surface area contributed by atoms with Gasteiger partial charge in [-0.05, 0) is 40.9 Å². The SMILES string of the molecule is NCC1(c2ccc(Br)s2)CCC1. The van der Waals surface area contributed by atoms with Crippen LogP contribution in [0, 0.1) is 0 Å². The van der Waals surface area contributed by atoms with Crippen molar-refractivity contribution in [3.05, 3.63) is 20.8 Å². The number of hydrogen-bond donors (Lipinski definition) is 1. The van der Waals surface area contributed by atoms with Gasteiger partial charge < -0.3 is 5.73 Å². The molecule has 0 radical (unpaired) electrons. The molecule has 0 spiro atoms. The lowest BCUT2D eigenvalue weighted by Gasteiger charge is -2.40. The molecule has 0 aliphatic heterocycles. The number of halogens is 1. The van der Waals surface area contributed by atoms with E-state index in [9.17, 15) is 0 Å². The first-order chi connectivity index (χ1) is 5.77. The molecule has 1 aromatic rings. The topological polar surface area (TPSA) is 26.0 Å². The van der Waals surface area contributed by atoms with Gasteiger partial charge in [0.1, 0.15) is 0 Å². The summed E-state index contributed by atoms with van der Waals surface area (Å²) < 4.78 is 1.22. The molecule has 3 heteroatoms. The number of nitrogens with two attached hydrogens (primary N) is 1. The van der Waals surface area contributed by atoms with Crippen molar-refractivity contribution in [2.75, 3.05) is 6.54 Å². The number of thiophene rings is 1. The van der Waals surface area contributed by atoms with E-state index in [0.29, 0.717) is 5.41 Å². The fraction of sp³-hybridized carbons (Fsp3) is 0.556. The summed E-state index contributed by atoms with van der Waals surface area (Å²) in [6.45, 7) is 0.806. The normalized spacial score (nSPS) is 20.5. The van der Waals surface area contributed by atoms with Crippen LogP contribution < -0.4 is 5.73 Å². The third-order valence-electron chi connectivity index (χ3n) is 2.80. The van der Waals surface area contributed by atoms with E-state index in [1.165, 1.54) is 27.9 Å². The first kappa shape index (κ1) is 8.73. The second-order valence-electron chi connectivity index (χ2n) is 3.44. The summed E-state index contributed by atoms with van der Waals surface area (Å²) in [5.74, 6) is 0. The van der Waals surface area contributed by atoms with Crippen molar-refractivity contribution in [1.82, 2.24) is 0 Å². The molecule has 0 unspecified atom stereocenters. The Morgan fingerprint density at radius 1 is 1.50 bits per heavy atom. The average molecular weight is 246 g/mol. The predicted octanol–water partition coefficient (Wildman–Crippen LogP) is 2.89. The lowest BCUT2D eigenvalue weighted by Crippen LogP contribution is -2.40. The predicted molar refractivity (Wildman–Crippen MR) is 56.6 cm³/mol. The minimum Gasteiger partial charge on any atom is -0.330 e. The molecule has 0 atom stereocenters. The van der Waals surface area contributed by atoms with Crippen molar-refractivity contribution >= 4 is 27.3 Å². The Hall–Kier alpha value is 0.140. The van der Waals surface area contributed by atoms with Crippen LogP contribution in [0.25, 0.3) is 0 Å². The van der Waals surface area contributed by atoms with Gasteiger partial charge in [0, 0.05) is 16.8 Å². The zero-order valence-corrected chi connectivity index (χ0v) is 9.25. The van der Waals surface area contributed by atoms with Crippen molar-refractivity contribution in [2.45, 2.75) is 24.7 Å². The summed E-state index contributed by atoms with van der Waals surface area (Å²) in [7, 11) is 0. The van der Waals surface area contributed by atoms with E-state index in [2.05, 4.69) is 28.1 Å². The minimum atomic E-state index is 0.344. The molecule has 2 rings (SSSR count). The molecule has 0 bridgehead atoms. The van der Waals surface area contributed by atoms with Crippen LogP contribution in [0.5, 0.6) is 0 Å². The Kier molecular flexibility index (Phi) is 2.27. The Morgan fingerprint density at radius 2 is 2.25 bits per heavy atom. The summed E-state index contributed by atoms with van der Waals surface area (Å²) >= 11 is 5.32. The second-order valence-corrected chi connectivity index (χ2v) is 5.90. The highest BCUT2D eigenvalue weighted by atomic mass is 79.9. The number of hydrogen-bond acceptors (Lipinski definition) is 2. The minimum absolute atomic E-state index is 0.344. The molecule has 2 N–H and O–H groups in total. The maximum Gasteiger partial charge on any atom is 0.0701 e. The second kappa shape index (κ2) is 3.13. The zero-order chi connectivity index (χ0) is 8.60. The fourth-order valence-corrected chi connectivity index (χ4v) is 3.40. The fourth-order valence-electron chi connectivity index (χ4n) is 1.75. The monoisotopic (exact) mass is 245 g/mol. The van der Waals surface area contributed by atoms with Crippen LogP contribution >= 0.6 is 27.3 Å². The van der Waals surface area contributed by atoms with Crippen molar-refractivity contribution in [2.24, 2.45) is 5.73 Å². The van der Waals surface area contributed by atoms with E-state index < -0.39 is 0 Å². The van der Waals surface area contributed by atoms with E-state index in [1.807, 2.05) is 11.3 Å². The van der Waals surface area contributed by atoms with Crippen molar-refractivity contribution in [3.8, 4) is 0 Å². The van der Waals surface area contributed by atoms with Gasteiger partial charge in [-0.25, -0.2) is 0 Å². The van der Waals surface area contributed by atoms with Gasteiger partial charge in [-0.15, -0.1) is 11.3 Å². The van der Waals surface area contributed by atoms with Crippen LogP contribution in [-0.4, -0.2) is 6.54 Å². The summed E-state index contributed by atoms with van der Waals surface area (Å²) in [6, 6.07) is 4.33. The third kappa shape index (κ3) is 1.24. The van der Waals surface area contributed by atoms with Gasteiger partial charge in [0.25, 0.3) is 0 Å². The molecule has 0 saturated heterocycles. The van der Waals surface area contributed by atoms with E-state index in [0.717, 1.165) is 6.54 Å². The van der Waals surface area contributed by atoms with E-state index in [4.69, 9.17) is 5.73 Å². The summed E-state index contributed by atoms with van der Waals surface area (Å²) in [6.07, 6.45) is 3.89. The molecule has 1 aliphatic rings. The molecule has 12 heavy (non-hydrogen) atoms. The smallest absolute Gasteiger partial charge is 0.0701 e. The third-order valence-corrected chi connectivity index (χ3v) is 4.67. The first-order valence-electron chi connectivity index (χ1n) is 4.23. The molecule has 66 valence electrons. The van der Waals surface area contributed by atoms with E-state index in [1.54, 1.807) is 0 Å². The van der Waals surface area contributed by atoms with Crippen LogP contribution in [0.3, 0.4) is 0 Å². The lowest BCUT2D eigenvalue weighted by molar-refractivity contribution is 0.258. The maximum absolute atomic E-state index is 5.80. The quantitative estimate of drug-likeness (QED) is 0.853. The van der Waals surface area contributed by atoms with E-state index in [-0.39, 0.29) is 0 Å². The van der Waals surface area contributed by atoms with Crippen molar-refractivity contribution in [3.63, 3.8) is 0 Å². The lowest BCUT2D eigenvalue weighted by atomic mass is 9.68. The van der Waals surface area contributed by atoms with Gasteiger partial charge in [-0.3, -0.25) is 0 Å². The Bertz CT molecular complexity index is 272. The standard InChI is InChI=1S/C9H12BrNS/c10-8-3-2-7(12-8)9(6-11)4-1-5-9/h2-3H,1,4-6,11H2. The Labute approximate surface area is 85.1 Å². The maximum atomic E-state index is 5.80. The van der Waals surface area contributed by atoms with E-state index >= 15 is 0 Å². The molecular formula is C9H12BrNS. The molecule has 0 amide bonds. The largest absolute Gasteiger partial charge is 0.330 e. The van der Waals surface area contributed by atoms with Gasteiger partial charge in [0.2, 0.25) is 0 Å². The van der Waals surface area contributed by atoms with Gasteiger partial charge in [0.05, 0.1) is 3.79 Å². The van der Waals surface area contributed by atoms with Crippen LogP contribution in [0.2, 0.25) is 0 Å². The average Bonchev–Trinajstić information content (AvgIpc) is 2.35. The summed E-state index contributed by atoms with van der Waals surface area (Å²) in [5, 5.41) is 0. The molecule has 1 nitrogen and oxygen atoms in total. The molecule has 1 aromatic heterocycles.